The molecule has 2 aromatic rings. The summed E-state index contributed by atoms with van der Waals surface area (Å²) in [6.45, 7) is 2.46. The topological polar surface area (TPSA) is 84.2 Å². The molecule has 0 unspecified atom stereocenters. The van der Waals surface area contributed by atoms with Gasteiger partial charge in [0.25, 0.3) is 0 Å². The van der Waals surface area contributed by atoms with E-state index in [1.54, 1.807) is 23.0 Å². The van der Waals surface area contributed by atoms with Gasteiger partial charge in [0.2, 0.25) is 10.0 Å². The van der Waals surface area contributed by atoms with Gasteiger partial charge < -0.3 is 5.11 Å². The first-order valence-corrected chi connectivity index (χ1v) is 7.68. The normalized spacial score (nSPS) is 11.7. The molecule has 0 saturated carbocycles. The van der Waals surface area contributed by atoms with Gasteiger partial charge in [0.05, 0.1) is 24.2 Å². The van der Waals surface area contributed by atoms with Crippen LogP contribution in [0.15, 0.2) is 41.6 Å². The Balaban J connectivity index is 2.00. The van der Waals surface area contributed by atoms with Crippen LogP contribution in [-0.4, -0.2) is 29.8 Å². The van der Waals surface area contributed by atoms with Gasteiger partial charge in [-0.2, -0.15) is 5.10 Å². The van der Waals surface area contributed by atoms with Crippen LogP contribution in [0.4, 0.5) is 0 Å². The second kappa shape index (κ2) is 6.17. The van der Waals surface area contributed by atoms with Gasteiger partial charge in [-0.3, -0.25) is 4.68 Å². The van der Waals surface area contributed by atoms with Crippen molar-refractivity contribution in [3.8, 4) is 0 Å². The second-order valence-corrected chi connectivity index (χ2v) is 6.25. The van der Waals surface area contributed by atoms with Crippen LogP contribution in [0, 0.1) is 6.92 Å². The molecule has 1 aromatic carbocycles. The van der Waals surface area contributed by atoms with Crippen LogP contribution in [0.1, 0.15) is 11.1 Å². The molecule has 0 atom stereocenters. The van der Waals surface area contributed by atoms with Crippen molar-refractivity contribution in [2.75, 3.05) is 6.54 Å². The average molecular weight is 295 g/mol. The summed E-state index contributed by atoms with van der Waals surface area (Å²) in [6, 6.07) is 6.24. The molecular weight excluding hydrogens is 278 g/mol. The Labute approximate surface area is 118 Å². The molecule has 2 rings (SSSR count). The van der Waals surface area contributed by atoms with Crippen molar-refractivity contribution in [2.45, 2.75) is 25.0 Å². The summed E-state index contributed by atoms with van der Waals surface area (Å²) in [7, 11) is -3.56. The largest absolute Gasteiger partial charge is 0.392 e. The molecule has 0 radical (unpaired) electrons. The van der Waals surface area contributed by atoms with E-state index in [1.165, 1.54) is 12.1 Å². The zero-order chi connectivity index (χ0) is 14.6. The van der Waals surface area contributed by atoms with Gasteiger partial charge in [-0.1, -0.05) is 12.1 Å². The number of aliphatic hydroxyl groups is 1. The minimum Gasteiger partial charge on any atom is -0.392 e. The summed E-state index contributed by atoms with van der Waals surface area (Å²) in [5, 5.41) is 13.1. The number of hydrogen-bond acceptors (Lipinski definition) is 4. The number of aliphatic hydroxyl groups excluding tert-OH is 1. The number of hydrogen-bond donors (Lipinski definition) is 2. The summed E-state index contributed by atoms with van der Waals surface area (Å²) in [5.41, 5.74) is 1.60. The van der Waals surface area contributed by atoms with Gasteiger partial charge in [-0.15, -0.1) is 0 Å². The van der Waals surface area contributed by atoms with Crippen molar-refractivity contribution in [1.82, 2.24) is 14.5 Å². The third-order valence-corrected chi connectivity index (χ3v) is 4.25. The fourth-order valence-corrected chi connectivity index (χ4v) is 2.87. The highest BCUT2D eigenvalue weighted by Gasteiger charge is 2.13. The molecular formula is C13H17N3O3S. The number of sulfonamides is 1. The third-order valence-electron chi connectivity index (χ3n) is 2.79. The second-order valence-electron chi connectivity index (χ2n) is 4.48. The third kappa shape index (κ3) is 3.66. The molecule has 0 bridgehead atoms. The molecule has 108 valence electrons. The first kappa shape index (κ1) is 14.7. The highest BCUT2D eigenvalue weighted by atomic mass is 32.2. The van der Waals surface area contributed by atoms with E-state index in [-0.39, 0.29) is 18.0 Å². The lowest BCUT2D eigenvalue weighted by Crippen LogP contribution is -2.27. The molecule has 1 heterocycles. The van der Waals surface area contributed by atoms with E-state index in [2.05, 4.69) is 9.82 Å². The number of aromatic nitrogens is 2. The van der Waals surface area contributed by atoms with Gasteiger partial charge in [0.15, 0.2) is 0 Å². The van der Waals surface area contributed by atoms with E-state index in [4.69, 9.17) is 5.11 Å². The van der Waals surface area contributed by atoms with Crippen molar-refractivity contribution < 1.29 is 13.5 Å². The Morgan fingerprint density at radius 1 is 1.40 bits per heavy atom. The number of benzene rings is 1. The summed E-state index contributed by atoms with van der Waals surface area (Å²) in [4.78, 5) is 0.153. The Kier molecular flexibility index (Phi) is 4.53. The summed E-state index contributed by atoms with van der Waals surface area (Å²) in [6.07, 6.45) is 3.57. The van der Waals surface area contributed by atoms with Crippen LogP contribution < -0.4 is 4.72 Å². The lowest BCUT2D eigenvalue weighted by Gasteiger charge is -2.08. The molecule has 6 nitrogen and oxygen atoms in total. The lowest BCUT2D eigenvalue weighted by molar-refractivity contribution is 0.281. The maximum atomic E-state index is 12.1. The zero-order valence-electron chi connectivity index (χ0n) is 11.2. The summed E-state index contributed by atoms with van der Waals surface area (Å²) >= 11 is 0. The van der Waals surface area contributed by atoms with E-state index < -0.39 is 10.0 Å². The predicted octanol–water partition coefficient (Wildman–Crippen LogP) is 0.662. The number of nitrogens with one attached hydrogen (secondary N) is 1. The number of nitrogens with zero attached hydrogens (tertiary/aromatic N) is 2. The Morgan fingerprint density at radius 3 is 2.85 bits per heavy atom. The number of aryl methyl sites for hydroxylation is 1. The molecule has 2 N–H and O–H groups in total. The van der Waals surface area contributed by atoms with Crippen LogP contribution in [0.5, 0.6) is 0 Å². The standard InChI is InChI=1S/C13H17N3O3S/c1-11-8-14-16(9-11)6-5-15-20(18,19)13-4-2-3-12(7-13)10-17/h2-4,7-9,15,17H,5-6,10H2,1H3. The Bertz CT molecular complexity index is 680. The smallest absolute Gasteiger partial charge is 0.240 e. The van der Waals surface area contributed by atoms with Gasteiger partial charge in [-0.25, -0.2) is 13.1 Å². The molecule has 0 spiro atoms. The molecule has 0 saturated heterocycles. The van der Waals surface area contributed by atoms with Crippen LogP contribution in [0.25, 0.3) is 0 Å². The summed E-state index contributed by atoms with van der Waals surface area (Å²) in [5.74, 6) is 0. The first-order valence-electron chi connectivity index (χ1n) is 6.20. The quantitative estimate of drug-likeness (QED) is 0.820. The van der Waals surface area contributed by atoms with Crippen molar-refractivity contribution in [3.63, 3.8) is 0 Å². The van der Waals surface area contributed by atoms with E-state index in [0.717, 1.165) is 5.56 Å². The van der Waals surface area contributed by atoms with Gasteiger partial charge in [0, 0.05) is 12.7 Å². The highest BCUT2D eigenvalue weighted by molar-refractivity contribution is 7.89. The maximum absolute atomic E-state index is 12.1. The van der Waals surface area contributed by atoms with Crippen molar-refractivity contribution in [1.29, 1.82) is 0 Å². The van der Waals surface area contributed by atoms with E-state index in [0.29, 0.717) is 12.1 Å². The molecule has 0 fully saturated rings. The average Bonchev–Trinajstić information content (AvgIpc) is 2.84. The van der Waals surface area contributed by atoms with Crippen molar-refractivity contribution in [3.05, 3.63) is 47.8 Å². The monoisotopic (exact) mass is 295 g/mol. The van der Waals surface area contributed by atoms with E-state index in [9.17, 15) is 8.42 Å². The van der Waals surface area contributed by atoms with Gasteiger partial charge in [-0.05, 0) is 30.2 Å². The minimum atomic E-state index is -3.56. The van der Waals surface area contributed by atoms with Crippen LogP contribution in [-0.2, 0) is 23.2 Å². The van der Waals surface area contributed by atoms with Gasteiger partial charge >= 0.3 is 0 Å². The van der Waals surface area contributed by atoms with E-state index in [1.807, 2.05) is 13.1 Å². The Morgan fingerprint density at radius 2 is 2.20 bits per heavy atom. The Hall–Kier alpha value is -1.70. The van der Waals surface area contributed by atoms with Crippen molar-refractivity contribution >= 4 is 10.0 Å². The molecule has 0 aliphatic heterocycles. The predicted molar refractivity (Wildman–Crippen MR) is 74.5 cm³/mol. The highest BCUT2D eigenvalue weighted by Crippen LogP contribution is 2.11. The molecule has 20 heavy (non-hydrogen) atoms. The van der Waals surface area contributed by atoms with Crippen LogP contribution >= 0.6 is 0 Å². The molecule has 0 aliphatic carbocycles. The molecule has 0 aliphatic rings. The molecule has 1 aromatic heterocycles. The lowest BCUT2D eigenvalue weighted by atomic mass is 10.2. The van der Waals surface area contributed by atoms with Gasteiger partial charge in [0.1, 0.15) is 0 Å². The first-order chi connectivity index (χ1) is 9.51. The maximum Gasteiger partial charge on any atom is 0.240 e. The van der Waals surface area contributed by atoms with E-state index >= 15 is 0 Å². The zero-order valence-corrected chi connectivity index (χ0v) is 12.0. The fraction of sp³-hybridized carbons (Fsp3) is 0.308. The fourth-order valence-electron chi connectivity index (χ4n) is 1.78. The van der Waals surface area contributed by atoms with Crippen LogP contribution in [0.3, 0.4) is 0 Å². The number of rotatable bonds is 6. The minimum absolute atomic E-state index is 0.153. The molecule has 0 amide bonds. The van der Waals surface area contributed by atoms with Crippen molar-refractivity contribution in [2.24, 2.45) is 0 Å². The SMILES string of the molecule is Cc1cnn(CCNS(=O)(=O)c2cccc(CO)c2)c1. The van der Waals surface area contributed by atoms with Crippen LogP contribution in [0.2, 0.25) is 0 Å². The summed E-state index contributed by atoms with van der Waals surface area (Å²) < 4.78 is 28.3. The molecule has 7 heteroatoms.